The molecule has 0 spiro atoms. The van der Waals surface area contributed by atoms with Gasteiger partial charge in [-0.1, -0.05) is 0 Å². The van der Waals surface area contributed by atoms with E-state index in [0.29, 0.717) is 11.3 Å². The zero-order valence-electron chi connectivity index (χ0n) is 11.0. The standard InChI is InChI=1S/C13H13N3O5/c14-5-9-1-3-10(4-2-9)21-8-12(18)15-6-11(17)16-7-13(19)20/h1-4H,6-8H2,(H,15,18)(H,16,17)(H,19,20). The van der Waals surface area contributed by atoms with Crippen molar-refractivity contribution in [2.24, 2.45) is 0 Å². The molecule has 8 heteroatoms. The topological polar surface area (TPSA) is 129 Å². The zero-order valence-corrected chi connectivity index (χ0v) is 11.0. The van der Waals surface area contributed by atoms with Gasteiger partial charge in [-0.3, -0.25) is 14.4 Å². The van der Waals surface area contributed by atoms with Gasteiger partial charge in [-0.2, -0.15) is 5.26 Å². The number of nitriles is 1. The molecule has 2 amide bonds. The van der Waals surface area contributed by atoms with Gasteiger partial charge in [-0.25, -0.2) is 0 Å². The van der Waals surface area contributed by atoms with Crippen LogP contribution in [0.5, 0.6) is 5.75 Å². The Hall–Kier alpha value is -3.08. The number of amides is 2. The third kappa shape index (κ3) is 6.58. The van der Waals surface area contributed by atoms with Gasteiger partial charge in [0.05, 0.1) is 18.2 Å². The number of carbonyl (C=O) groups excluding carboxylic acids is 2. The summed E-state index contributed by atoms with van der Waals surface area (Å²) in [5.41, 5.74) is 0.474. The molecule has 110 valence electrons. The monoisotopic (exact) mass is 291 g/mol. The molecule has 0 aliphatic heterocycles. The second-order valence-electron chi connectivity index (χ2n) is 3.87. The van der Waals surface area contributed by atoms with E-state index in [4.69, 9.17) is 15.1 Å². The summed E-state index contributed by atoms with van der Waals surface area (Å²) < 4.78 is 5.15. The number of hydrogen-bond donors (Lipinski definition) is 3. The summed E-state index contributed by atoms with van der Waals surface area (Å²) in [6, 6.07) is 8.14. The van der Waals surface area contributed by atoms with Gasteiger partial charge in [0.25, 0.3) is 5.91 Å². The van der Waals surface area contributed by atoms with Crippen LogP contribution >= 0.6 is 0 Å². The summed E-state index contributed by atoms with van der Waals surface area (Å²) in [6.07, 6.45) is 0. The molecule has 0 aromatic heterocycles. The van der Waals surface area contributed by atoms with Crippen molar-refractivity contribution in [3.05, 3.63) is 29.8 Å². The van der Waals surface area contributed by atoms with Crippen molar-refractivity contribution in [3.8, 4) is 11.8 Å². The predicted molar refractivity (Wildman–Crippen MR) is 70.3 cm³/mol. The Labute approximate surface area is 120 Å². The van der Waals surface area contributed by atoms with Crippen LogP contribution in [0.4, 0.5) is 0 Å². The number of aliphatic carboxylic acids is 1. The molecule has 1 aromatic rings. The molecule has 1 aromatic carbocycles. The largest absolute Gasteiger partial charge is 0.484 e. The van der Waals surface area contributed by atoms with E-state index < -0.39 is 24.3 Å². The van der Waals surface area contributed by atoms with E-state index in [2.05, 4.69) is 10.6 Å². The average Bonchev–Trinajstić information content (AvgIpc) is 2.49. The van der Waals surface area contributed by atoms with Crippen LogP contribution in [0.3, 0.4) is 0 Å². The molecule has 0 saturated carbocycles. The highest BCUT2D eigenvalue weighted by Gasteiger charge is 2.07. The maximum atomic E-state index is 11.4. The van der Waals surface area contributed by atoms with Crippen LogP contribution in [0.25, 0.3) is 0 Å². The van der Waals surface area contributed by atoms with E-state index >= 15 is 0 Å². The molecular weight excluding hydrogens is 278 g/mol. The highest BCUT2D eigenvalue weighted by atomic mass is 16.5. The predicted octanol–water partition coefficient (Wildman–Crippen LogP) is -0.746. The SMILES string of the molecule is N#Cc1ccc(OCC(=O)NCC(=O)NCC(=O)O)cc1. The number of benzene rings is 1. The number of carbonyl (C=O) groups is 3. The lowest BCUT2D eigenvalue weighted by molar-refractivity contribution is -0.137. The Balaban J connectivity index is 2.26. The molecule has 0 heterocycles. The number of ether oxygens (including phenoxy) is 1. The van der Waals surface area contributed by atoms with Crippen LogP contribution in [0.15, 0.2) is 24.3 Å². The van der Waals surface area contributed by atoms with Crippen molar-refractivity contribution in [1.82, 2.24) is 10.6 Å². The first-order valence-corrected chi connectivity index (χ1v) is 5.89. The molecule has 0 fully saturated rings. The Morgan fingerprint density at radius 3 is 2.29 bits per heavy atom. The van der Waals surface area contributed by atoms with Crippen molar-refractivity contribution >= 4 is 17.8 Å². The first-order valence-electron chi connectivity index (χ1n) is 5.89. The van der Waals surface area contributed by atoms with Gasteiger partial charge in [-0.05, 0) is 24.3 Å². The van der Waals surface area contributed by atoms with Crippen molar-refractivity contribution in [3.63, 3.8) is 0 Å². The summed E-state index contributed by atoms with van der Waals surface area (Å²) in [5, 5.41) is 21.3. The fourth-order valence-corrected chi connectivity index (χ4v) is 1.24. The third-order valence-electron chi connectivity index (χ3n) is 2.24. The fraction of sp³-hybridized carbons (Fsp3) is 0.231. The summed E-state index contributed by atoms with van der Waals surface area (Å²) >= 11 is 0. The number of carboxylic acid groups (broad SMARTS) is 1. The minimum Gasteiger partial charge on any atom is -0.484 e. The first-order chi connectivity index (χ1) is 10.0. The van der Waals surface area contributed by atoms with E-state index in [1.165, 1.54) is 0 Å². The second-order valence-corrected chi connectivity index (χ2v) is 3.87. The van der Waals surface area contributed by atoms with Crippen molar-refractivity contribution < 1.29 is 24.2 Å². The summed E-state index contributed by atoms with van der Waals surface area (Å²) in [5.74, 6) is -1.88. The molecule has 8 nitrogen and oxygen atoms in total. The van der Waals surface area contributed by atoms with Crippen LogP contribution in [-0.2, 0) is 14.4 Å². The molecule has 0 bridgehead atoms. The molecule has 0 radical (unpaired) electrons. The lowest BCUT2D eigenvalue weighted by Gasteiger charge is -2.07. The number of carboxylic acids is 1. The number of nitrogens with one attached hydrogen (secondary N) is 2. The van der Waals surface area contributed by atoms with E-state index in [1.807, 2.05) is 6.07 Å². The van der Waals surface area contributed by atoms with Gasteiger partial charge < -0.3 is 20.5 Å². The van der Waals surface area contributed by atoms with Crippen molar-refractivity contribution in [2.75, 3.05) is 19.7 Å². The third-order valence-corrected chi connectivity index (χ3v) is 2.24. The molecule has 0 saturated heterocycles. The summed E-state index contributed by atoms with van der Waals surface area (Å²) in [7, 11) is 0. The normalized spacial score (nSPS) is 9.29. The lowest BCUT2D eigenvalue weighted by atomic mass is 10.2. The van der Waals surface area contributed by atoms with Gasteiger partial charge >= 0.3 is 5.97 Å². The Kier molecular flexibility index (Phi) is 6.21. The minimum absolute atomic E-state index is 0.294. The fourth-order valence-electron chi connectivity index (χ4n) is 1.24. The van der Waals surface area contributed by atoms with E-state index in [1.54, 1.807) is 24.3 Å². The number of nitrogens with zero attached hydrogens (tertiary/aromatic N) is 1. The Morgan fingerprint density at radius 1 is 1.10 bits per heavy atom. The van der Waals surface area contributed by atoms with Crippen LogP contribution in [0.1, 0.15) is 5.56 Å². The van der Waals surface area contributed by atoms with Crippen molar-refractivity contribution in [2.45, 2.75) is 0 Å². The minimum atomic E-state index is -1.17. The smallest absolute Gasteiger partial charge is 0.322 e. The van der Waals surface area contributed by atoms with Gasteiger partial charge in [0.1, 0.15) is 12.3 Å². The lowest BCUT2D eigenvalue weighted by Crippen LogP contribution is -2.40. The molecule has 0 aliphatic carbocycles. The van der Waals surface area contributed by atoms with Crippen LogP contribution in [0.2, 0.25) is 0 Å². The average molecular weight is 291 g/mol. The quantitative estimate of drug-likeness (QED) is 0.606. The van der Waals surface area contributed by atoms with Crippen LogP contribution in [-0.4, -0.2) is 42.6 Å². The molecular formula is C13H13N3O5. The number of hydrogen-bond acceptors (Lipinski definition) is 5. The van der Waals surface area contributed by atoms with Crippen molar-refractivity contribution in [1.29, 1.82) is 5.26 Å². The maximum Gasteiger partial charge on any atom is 0.322 e. The molecule has 3 N–H and O–H groups in total. The molecule has 0 unspecified atom stereocenters. The Bertz CT molecular complexity index is 562. The number of rotatable bonds is 7. The first kappa shape index (κ1) is 16.0. The van der Waals surface area contributed by atoms with Gasteiger partial charge in [0, 0.05) is 0 Å². The second kappa shape index (κ2) is 8.16. The van der Waals surface area contributed by atoms with Gasteiger partial charge in [0.2, 0.25) is 5.91 Å². The van der Waals surface area contributed by atoms with E-state index in [0.717, 1.165) is 0 Å². The zero-order chi connectivity index (χ0) is 15.7. The van der Waals surface area contributed by atoms with Crippen LogP contribution in [0, 0.1) is 11.3 Å². The summed E-state index contributed by atoms with van der Waals surface area (Å²) in [6.45, 7) is -1.13. The highest BCUT2D eigenvalue weighted by Crippen LogP contribution is 2.10. The van der Waals surface area contributed by atoms with E-state index in [9.17, 15) is 14.4 Å². The summed E-state index contributed by atoms with van der Waals surface area (Å²) in [4.78, 5) is 32.7. The molecule has 0 aliphatic rings. The van der Waals surface area contributed by atoms with Gasteiger partial charge in [-0.15, -0.1) is 0 Å². The molecule has 1 rings (SSSR count). The maximum absolute atomic E-state index is 11.4. The highest BCUT2D eigenvalue weighted by molar-refractivity contribution is 5.87. The molecule has 21 heavy (non-hydrogen) atoms. The van der Waals surface area contributed by atoms with Crippen LogP contribution < -0.4 is 15.4 Å². The van der Waals surface area contributed by atoms with Gasteiger partial charge in [0.15, 0.2) is 6.61 Å². The molecule has 0 atom stereocenters. The van der Waals surface area contributed by atoms with E-state index in [-0.39, 0.29) is 13.2 Å². The Morgan fingerprint density at radius 2 is 1.71 bits per heavy atom.